The van der Waals surface area contributed by atoms with Crippen molar-refractivity contribution in [2.45, 2.75) is 13.2 Å². The summed E-state index contributed by atoms with van der Waals surface area (Å²) in [4.78, 5) is 12.4. The molecule has 0 aliphatic heterocycles. The summed E-state index contributed by atoms with van der Waals surface area (Å²) in [6.07, 6.45) is -7.22. The first kappa shape index (κ1) is 48.5. The number of nitrogens with zero attached hydrogens (tertiary/aromatic N) is 1. The van der Waals surface area contributed by atoms with Gasteiger partial charge in [-0.1, -0.05) is 42.5 Å². The van der Waals surface area contributed by atoms with Crippen LogP contribution in [0.1, 0.15) is 16.1 Å². The molecule has 1 N–H and O–H groups in total. The second-order valence-corrected chi connectivity index (χ2v) is 13.7. The van der Waals surface area contributed by atoms with E-state index >= 15 is 35.1 Å². The van der Waals surface area contributed by atoms with E-state index in [2.05, 4.69) is 0 Å². The maximum absolute atomic E-state index is 15.4. The summed E-state index contributed by atoms with van der Waals surface area (Å²) in [6.45, 7) is 0.133. The van der Waals surface area contributed by atoms with Crippen LogP contribution in [-0.2, 0) is 13.2 Å². The number of ketones is 1. The van der Waals surface area contributed by atoms with Gasteiger partial charge in [-0.05, 0) is 12.1 Å². The van der Waals surface area contributed by atoms with Crippen LogP contribution < -0.4 is 26.4 Å². The Kier molecular flexibility index (Phi) is 13.3. The van der Waals surface area contributed by atoms with E-state index in [1.807, 2.05) is 71.3 Å². The Morgan fingerprint density at radius 3 is 0.985 bits per heavy atom. The molecule has 1 aromatic heterocycles. The van der Waals surface area contributed by atoms with E-state index in [0.717, 1.165) is 16.6 Å². The van der Waals surface area contributed by atoms with Crippen LogP contribution in [0.4, 0.5) is 87.8 Å². The van der Waals surface area contributed by atoms with E-state index in [0.29, 0.717) is 5.56 Å². The highest BCUT2D eigenvalue weighted by Crippen LogP contribution is 2.31. The Morgan fingerprint density at radius 2 is 0.667 bits per heavy atom. The molecular weight excluding hydrogens is 941 g/mol. The van der Waals surface area contributed by atoms with Crippen molar-refractivity contribution >= 4 is 44.7 Å². The van der Waals surface area contributed by atoms with Crippen LogP contribution >= 0.6 is 0 Å². The zero-order valence-corrected chi connectivity index (χ0v) is 31.7. The Balaban J connectivity index is 0.000000284. The Hall–Kier alpha value is -6.98. The summed E-state index contributed by atoms with van der Waals surface area (Å²) in [5.74, 6) is -71.4. The van der Waals surface area contributed by atoms with Crippen molar-refractivity contribution in [2.24, 2.45) is 0 Å². The zero-order chi connectivity index (χ0) is 49.0. The number of para-hydroxylation sites is 1. The second-order valence-electron chi connectivity index (χ2n) is 13.7. The van der Waals surface area contributed by atoms with Gasteiger partial charge in [0.1, 0.15) is 59.3 Å². The van der Waals surface area contributed by atoms with E-state index in [-0.39, 0.29) is 18.9 Å². The lowest BCUT2D eigenvalue weighted by Crippen LogP contribution is -2.81. The van der Waals surface area contributed by atoms with Gasteiger partial charge in [0.2, 0.25) is 23.5 Å². The molecule has 0 fully saturated rings. The van der Waals surface area contributed by atoms with Crippen molar-refractivity contribution in [3.05, 3.63) is 194 Å². The molecule has 7 rings (SSSR count). The lowest BCUT2D eigenvalue weighted by Gasteiger charge is -2.44. The summed E-state index contributed by atoms with van der Waals surface area (Å²) < 4.78 is 296. The van der Waals surface area contributed by atoms with Crippen molar-refractivity contribution in [2.75, 3.05) is 0 Å². The summed E-state index contributed by atoms with van der Waals surface area (Å²) in [5.41, 5.74) is -12.0. The van der Waals surface area contributed by atoms with Gasteiger partial charge in [0.15, 0.2) is 69.8 Å². The molecule has 0 amide bonds. The predicted octanol–water partition coefficient (Wildman–Crippen LogP) is 8.35. The molecule has 3 nitrogen and oxygen atoms in total. The smallest absolute Gasteiger partial charge is 0.227 e. The summed E-state index contributed by atoms with van der Waals surface area (Å²) in [6, 6.07) is 20.9. The normalized spacial score (nSPS) is 11.6. The fourth-order valence-electron chi connectivity index (χ4n) is 7.36. The molecule has 1 heterocycles. The first-order chi connectivity index (χ1) is 31.0. The predicted molar refractivity (Wildman–Crippen MR) is 190 cm³/mol. The molecule has 7 aromatic rings. The number of hydrogen-bond donors (Lipinski definition) is 1. The number of hydrogen-bond acceptors (Lipinski definition) is 2. The summed E-state index contributed by atoms with van der Waals surface area (Å²) in [5, 5.41) is 10.6. The third-order valence-corrected chi connectivity index (χ3v) is 10.3. The number of benzene rings is 6. The summed E-state index contributed by atoms with van der Waals surface area (Å²) >= 11 is 0. The molecule has 24 heteroatoms. The van der Waals surface area contributed by atoms with Gasteiger partial charge in [-0.25, -0.2) is 87.8 Å². The molecule has 0 aliphatic carbocycles. The van der Waals surface area contributed by atoms with Crippen LogP contribution in [-0.4, -0.2) is 17.0 Å². The van der Waals surface area contributed by atoms with Crippen molar-refractivity contribution in [3.63, 3.8) is 0 Å². The van der Waals surface area contributed by atoms with Crippen LogP contribution in [0, 0.1) is 116 Å². The number of halogens is 20. The highest BCUT2D eigenvalue weighted by atomic mass is 19.2. The molecule has 344 valence electrons. The molecular formula is C42H16BF20NO2. The molecule has 0 aliphatic rings. The number of aliphatic hydroxyl groups is 1. The average molecular weight is 957 g/mol. The molecule has 0 spiro atoms. The molecule has 0 unspecified atom stereocenters. The van der Waals surface area contributed by atoms with Crippen LogP contribution in [0.25, 0.3) is 10.9 Å². The van der Waals surface area contributed by atoms with Crippen LogP contribution in [0.2, 0.25) is 0 Å². The number of carbonyl (C=O) groups excluding carboxylic acids is 1. The van der Waals surface area contributed by atoms with Gasteiger partial charge in [0, 0.05) is 23.1 Å². The molecule has 0 saturated heterocycles. The number of rotatable bonds is 8. The van der Waals surface area contributed by atoms with Crippen LogP contribution in [0.5, 0.6) is 0 Å². The summed E-state index contributed by atoms with van der Waals surface area (Å²) in [7, 11) is 0. The third kappa shape index (κ3) is 7.45. The topological polar surface area (TPSA) is 41.2 Å². The van der Waals surface area contributed by atoms with Crippen LogP contribution in [0.3, 0.4) is 0 Å². The Labute approximate surface area is 354 Å². The van der Waals surface area contributed by atoms with Gasteiger partial charge < -0.3 is 5.11 Å². The number of carbonyl (C=O) groups is 1. The number of aromatic nitrogens is 1. The number of aliphatic hydroxyl groups excluding tert-OH is 1. The fraction of sp³-hybridized carbons (Fsp3) is 0.0476. The van der Waals surface area contributed by atoms with Crippen molar-refractivity contribution in [3.8, 4) is 0 Å². The minimum absolute atomic E-state index is 0.0339. The standard InChI is InChI=1S/C24BF20.C18H16NO2/c26-5-1(6(27)14(35)21(42)13(5)34)25(2-7(28)15(36)22(43)16(37)8(2)29,3-9(30)17(38)23(44)18(39)10(3)31)4-11(32)19(40)24(45)20(41)12(4)33;20-13-16-11-10-14-6-4-5-9-17(14)19(16)12-18(21)15-7-2-1-3-8-15/h;1-11,20H,12-13H2/q-1;+1. The van der Waals surface area contributed by atoms with E-state index < -0.39 is 144 Å². The zero-order valence-electron chi connectivity index (χ0n) is 31.7. The minimum Gasteiger partial charge on any atom is -0.385 e. The van der Waals surface area contributed by atoms with Gasteiger partial charge in [-0.3, -0.25) is 4.79 Å². The highest BCUT2D eigenvalue weighted by molar-refractivity contribution is 7.20. The molecule has 66 heavy (non-hydrogen) atoms. The maximum Gasteiger partial charge on any atom is 0.227 e. The Morgan fingerprint density at radius 1 is 0.379 bits per heavy atom. The second kappa shape index (κ2) is 18.1. The van der Waals surface area contributed by atoms with Gasteiger partial charge in [-0.2, -0.15) is 4.57 Å². The van der Waals surface area contributed by atoms with Crippen molar-refractivity contribution in [1.29, 1.82) is 0 Å². The monoisotopic (exact) mass is 957 g/mol. The lowest BCUT2D eigenvalue weighted by molar-refractivity contribution is -0.666. The average Bonchev–Trinajstić information content (AvgIpc) is 3.31. The minimum atomic E-state index is -7.22. The van der Waals surface area contributed by atoms with Crippen molar-refractivity contribution < 1.29 is 102 Å². The number of pyridine rings is 1. The lowest BCUT2D eigenvalue weighted by atomic mass is 9.12. The quantitative estimate of drug-likeness (QED) is 0.0416. The molecule has 0 atom stereocenters. The third-order valence-electron chi connectivity index (χ3n) is 10.3. The van der Waals surface area contributed by atoms with E-state index in [4.69, 9.17) is 0 Å². The molecule has 0 saturated carbocycles. The van der Waals surface area contributed by atoms with Crippen molar-refractivity contribution in [1.82, 2.24) is 0 Å². The number of Topliss-reactive ketones (excluding diaryl/α,β-unsaturated/α-hetero) is 1. The maximum atomic E-state index is 15.4. The largest absolute Gasteiger partial charge is 0.385 e. The van der Waals surface area contributed by atoms with E-state index in [9.17, 15) is 62.6 Å². The van der Waals surface area contributed by atoms with Crippen LogP contribution in [0.15, 0.2) is 66.7 Å². The van der Waals surface area contributed by atoms with Gasteiger partial charge in [0.05, 0.1) is 0 Å². The van der Waals surface area contributed by atoms with Gasteiger partial charge in [0.25, 0.3) is 0 Å². The number of fused-ring (bicyclic) bond motifs is 1. The van der Waals surface area contributed by atoms with E-state index in [1.165, 1.54) is 0 Å². The van der Waals surface area contributed by atoms with Gasteiger partial charge >= 0.3 is 0 Å². The SMILES string of the molecule is Fc1c(F)c(F)c([B-](c2c(F)c(F)c(F)c(F)c2F)(c2c(F)c(F)c(F)c(F)c2F)c2c(F)c(F)c(F)c(F)c2F)c(F)c1F.O=C(C[n+]1c(CO)ccc2ccccc21)c1ccccc1. The first-order valence-corrected chi connectivity index (χ1v) is 17.8. The molecule has 6 aromatic carbocycles. The fourth-order valence-corrected chi connectivity index (χ4v) is 7.36. The van der Waals surface area contributed by atoms with E-state index in [1.54, 1.807) is 0 Å². The Bertz CT molecular complexity index is 2750. The first-order valence-electron chi connectivity index (χ1n) is 17.8. The van der Waals surface area contributed by atoms with Gasteiger partial charge in [-0.15, -0.1) is 21.9 Å². The molecule has 0 radical (unpaired) electrons. The highest BCUT2D eigenvalue weighted by Gasteiger charge is 2.52. The molecule has 0 bridgehead atoms.